The highest BCUT2D eigenvalue weighted by Crippen LogP contribution is 2.39. The lowest BCUT2D eigenvalue weighted by Gasteiger charge is -2.24. The Kier molecular flexibility index (Phi) is 2.86. The van der Waals surface area contributed by atoms with E-state index in [1.807, 2.05) is 6.07 Å². The zero-order valence-corrected chi connectivity index (χ0v) is 8.27. The molecule has 4 heteroatoms. The number of nitrogens with two attached hydrogens (primary N) is 1. The molecule has 1 aliphatic rings. The summed E-state index contributed by atoms with van der Waals surface area (Å²) in [7, 11) is 1.73. The summed E-state index contributed by atoms with van der Waals surface area (Å²) in [5.41, 5.74) is 3.84. The summed E-state index contributed by atoms with van der Waals surface area (Å²) in [5, 5.41) is 0. The third kappa shape index (κ3) is 1.82. The molecule has 0 bridgehead atoms. The second-order valence-corrected chi connectivity index (χ2v) is 3.74. The minimum absolute atomic E-state index is 0.0336. The molecule has 4 nitrogen and oxygen atoms in total. The van der Waals surface area contributed by atoms with Crippen molar-refractivity contribution in [2.75, 3.05) is 7.11 Å². The van der Waals surface area contributed by atoms with Gasteiger partial charge in [0.1, 0.15) is 0 Å². The molecule has 1 fully saturated rings. The van der Waals surface area contributed by atoms with Crippen molar-refractivity contribution in [1.29, 1.82) is 0 Å². The minimum atomic E-state index is 0.0336. The number of hydrazine groups is 1. The normalized spacial score (nSPS) is 20.7. The number of hydrogen-bond donors (Lipinski definition) is 2. The van der Waals surface area contributed by atoms with Crippen LogP contribution in [0.1, 0.15) is 24.4 Å². The van der Waals surface area contributed by atoms with Crippen LogP contribution in [-0.2, 0) is 4.74 Å². The Morgan fingerprint density at radius 1 is 1.64 bits per heavy atom. The fourth-order valence-electron chi connectivity index (χ4n) is 1.86. The lowest BCUT2D eigenvalue weighted by molar-refractivity contribution is 0.0505. The smallest absolute Gasteiger partial charge is 0.0951 e. The second kappa shape index (κ2) is 4.13. The lowest BCUT2D eigenvalue weighted by atomic mass is 10.0. The molecule has 0 aliphatic heterocycles. The number of ether oxygens (including phenoxy) is 1. The molecule has 2 unspecified atom stereocenters. The summed E-state index contributed by atoms with van der Waals surface area (Å²) < 4.78 is 10.5. The van der Waals surface area contributed by atoms with Gasteiger partial charge in [-0.1, -0.05) is 0 Å². The van der Waals surface area contributed by atoms with Gasteiger partial charge in [-0.05, 0) is 24.8 Å². The van der Waals surface area contributed by atoms with Crippen molar-refractivity contribution in [1.82, 2.24) is 5.43 Å². The van der Waals surface area contributed by atoms with Crippen LogP contribution in [0.5, 0.6) is 0 Å². The van der Waals surface area contributed by atoms with Gasteiger partial charge in [-0.3, -0.25) is 11.3 Å². The first kappa shape index (κ1) is 9.71. The van der Waals surface area contributed by atoms with Gasteiger partial charge in [0.15, 0.2) is 0 Å². The van der Waals surface area contributed by atoms with Gasteiger partial charge < -0.3 is 9.15 Å². The second-order valence-electron chi connectivity index (χ2n) is 3.74. The average molecular weight is 196 g/mol. The maximum absolute atomic E-state index is 5.53. The van der Waals surface area contributed by atoms with Gasteiger partial charge in [0, 0.05) is 12.7 Å². The third-order valence-electron chi connectivity index (χ3n) is 2.77. The molecule has 0 saturated heterocycles. The molecule has 1 saturated carbocycles. The molecule has 1 aromatic rings. The molecule has 78 valence electrons. The zero-order chi connectivity index (χ0) is 9.97. The van der Waals surface area contributed by atoms with Crippen molar-refractivity contribution >= 4 is 0 Å². The summed E-state index contributed by atoms with van der Waals surface area (Å²) in [6.45, 7) is 0. The molecule has 2 rings (SSSR count). The van der Waals surface area contributed by atoms with Crippen molar-refractivity contribution in [2.24, 2.45) is 11.8 Å². The number of furan rings is 1. The molecular weight excluding hydrogens is 180 g/mol. The van der Waals surface area contributed by atoms with Crippen molar-refractivity contribution in [3.8, 4) is 0 Å². The van der Waals surface area contributed by atoms with Crippen LogP contribution >= 0.6 is 0 Å². The average Bonchev–Trinajstić information content (AvgIpc) is 2.90. The Bertz CT molecular complexity index is 270. The predicted molar refractivity (Wildman–Crippen MR) is 52.3 cm³/mol. The van der Waals surface area contributed by atoms with E-state index in [4.69, 9.17) is 15.0 Å². The van der Waals surface area contributed by atoms with E-state index < -0.39 is 0 Å². The molecule has 0 spiro atoms. The van der Waals surface area contributed by atoms with Crippen LogP contribution in [0, 0.1) is 5.92 Å². The van der Waals surface area contributed by atoms with Gasteiger partial charge in [0.2, 0.25) is 0 Å². The van der Waals surface area contributed by atoms with Crippen LogP contribution in [0.15, 0.2) is 23.0 Å². The topological polar surface area (TPSA) is 60.4 Å². The summed E-state index contributed by atoms with van der Waals surface area (Å²) in [5.74, 6) is 6.17. The fraction of sp³-hybridized carbons (Fsp3) is 0.600. The van der Waals surface area contributed by atoms with E-state index in [0.29, 0.717) is 5.92 Å². The zero-order valence-electron chi connectivity index (χ0n) is 8.27. The van der Waals surface area contributed by atoms with Crippen LogP contribution < -0.4 is 11.3 Å². The number of nitrogens with one attached hydrogen (secondary N) is 1. The Hall–Kier alpha value is -0.840. The Morgan fingerprint density at radius 2 is 2.43 bits per heavy atom. The van der Waals surface area contributed by atoms with Gasteiger partial charge in [-0.25, -0.2) is 0 Å². The molecule has 1 aliphatic carbocycles. The van der Waals surface area contributed by atoms with Gasteiger partial charge >= 0.3 is 0 Å². The largest absolute Gasteiger partial charge is 0.472 e. The maximum atomic E-state index is 5.53. The molecule has 14 heavy (non-hydrogen) atoms. The molecule has 1 heterocycles. The van der Waals surface area contributed by atoms with E-state index in [0.717, 1.165) is 5.56 Å². The molecule has 3 N–H and O–H groups in total. The van der Waals surface area contributed by atoms with Gasteiger partial charge in [0.25, 0.3) is 0 Å². The number of methoxy groups -OCH3 is 1. The highest BCUT2D eigenvalue weighted by molar-refractivity contribution is 5.14. The van der Waals surface area contributed by atoms with Crippen molar-refractivity contribution in [2.45, 2.75) is 25.0 Å². The van der Waals surface area contributed by atoms with Crippen molar-refractivity contribution < 1.29 is 9.15 Å². The monoisotopic (exact) mass is 196 g/mol. The van der Waals surface area contributed by atoms with Gasteiger partial charge in [0.05, 0.1) is 24.7 Å². The van der Waals surface area contributed by atoms with E-state index in [9.17, 15) is 0 Å². The summed E-state index contributed by atoms with van der Waals surface area (Å²) in [4.78, 5) is 0. The Morgan fingerprint density at radius 3 is 2.86 bits per heavy atom. The fourth-order valence-corrected chi connectivity index (χ4v) is 1.86. The SMILES string of the molecule is COC(C1CC1)C(NN)c1ccoc1. The molecule has 0 amide bonds. The number of rotatable bonds is 5. The Balaban J connectivity index is 2.10. The summed E-state index contributed by atoms with van der Waals surface area (Å²) in [6.07, 6.45) is 5.97. The van der Waals surface area contributed by atoms with E-state index in [2.05, 4.69) is 5.43 Å². The minimum Gasteiger partial charge on any atom is -0.472 e. The molecule has 1 aromatic heterocycles. The van der Waals surface area contributed by atoms with E-state index in [1.165, 1.54) is 12.8 Å². The van der Waals surface area contributed by atoms with E-state index >= 15 is 0 Å². The summed E-state index contributed by atoms with van der Waals surface area (Å²) in [6, 6.07) is 1.95. The maximum Gasteiger partial charge on any atom is 0.0951 e. The van der Waals surface area contributed by atoms with Crippen LogP contribution in [0.25, 0.3) is 0 Å². The predicted octanol–water partition coefficient (Wildman–Crippen LogP) is 1.21. The highest BCUT2D eigenvalue weighted by Gasteiger charge is 2.37. The van der Waals surface area contributed by atoms with Crippen LogP contribution in [0.3, 0.4) is 0 Å². The van der Waals surface area contributed by atoms with Crippen molar-refractivity contribution in [3.05, 3.63) is 24.2 Å². The lowest BCUT2D eigenvalue weighted by Crippen LogP contribution is -2.38. The quantitative estimate of drug-likeness (QED) is 0.549. The first-order chi connectivity index (χ1) is 6.86. The van der Waals surface area contributed by atoms with E-state index in [-0.39, 0.29) is 12.1 Å². The standard InChI is InChI=1S/C10H16N2O2/c1-13-10(7-2-3-7)9(12-11)8-4-5-14-6-8/h4-7,9-10,12H,2-3,11H2,1H3. The number of hydrogen-bond acceptors (Lipinski definition) is 4. The summed E-state index contributed by atoms with van der Waals surface area (Å²) >= 11 is 0. The van der Waals surface area contributed by atoms with Gasteiger partial charge in [-0.15, -0.1) is 0 Å². The highest BCUT2D eigenvalue weighted by atomic mass is 16.5. The molecular formula is C10H16N2O2. The van der Waals surface area contributed by atoms with E-state index in [1.54, 1.807) is 19.6 Å². The third-order valence-corrected chi connectivity index (χ3v) is 2.77. The molecule has 2 atom stereocenters. The first-order valence-corrected chi connectivity index (χ1v) is 4.88. The van der Waals surface area contributed by atoms with Crippen LogP contribution in [0.2, 0.25) is 0 Å². The van der Waals surface area contributed by atoms with Gasteiger partial charge in [-0.2, -0.15) is 0 Å². The van der Waals surface area contributed by atoms with Crippen molar-refractivity contribution in [3.63, 3.8) is 0 Å². The Labute approximate surface area is 83.4 Å². The van der Waals surface area contributed by atoms with Crippen LogP contribution in [-0.4, -0.2) is 13.2 Å². The van der Waals surface area contributed by atoms with Crippen LogP contribution in [0.4, 0.5) is 0 Å². The first-order valence-electron chi connectivity index (χ1n) is 4.88. The molecule has 0 radical (unpaired) electrons. The molecule has 0 aromatic carbocycles.